The Bertz CT molecular complexity index is 327. The number of aryl methyl sites for hydroxylation is 1. The summed E-state index contributed by atoms with van der Waals surface area (Å²) in [5.74, 6) is 1.45. The number of methoxy groups -OCH3 is 1. The van der Waals surface area contributed by atoms with Gasteiger partial charge in [0.25, 0.3) is 0 Å². The minimum absolute atomic E-state index is 0.531. The summed E-state index contributed by atoms with van der Waals surface area (Å²) in [6.07, 6.45) is 4.23. The average Bonchev–Trinajstić information content (AvgIpc) is 2.61. The molecule has 4 nitrogen and oxygen atoms in total. The highest BCUT2D eigenvalue weighted by atomic mass is 16.5. The second kappa shape index (κ2) is 4.23. The number of piperidine rings is 1. The Balaban J connectivity index is 2.17. The van der Waals surface area contributed by atoms with Crippen molar-refractivity contribution >= 4 is 0 Å². The molecule has 2 unspecified atom stereocenters. The summed E-state index contributed by atoms with van der Waals surface area (Å²) in [6, 6.07) is 0.639. The third-order valence-corrected chi connectivity index (χ3v) is 3.22. The predicted octanol–water partition coefficient (Wildman–Crippen LogP) is 1.28. The van der Waals surface area contributed by atoms with Gasteiger partial charge in [-0.15, -0.1) is 0 Å². The van der Waals surface area contributed by atoms with Crippen LogP contribution in [-0.4, -0.2) is 29.5 Å². The van der Waals surface area contributed by atoms with Gasteiger partial charge in [-0.2, -0.15) is 5.10 Å². The lowest BCUT2D eigenvalue weighted by Gasteiger charge is -2.28. The maximum atomic E-state index is 5.34. The lowest BCUT2D eigenvalue weighted by Crippen LogP contribution is -2.36. The van der Waals surface area contributed by atoms with Crippen molar-refractivity contribution in [1.82, 2.24) is 15.1 Å². The molecule has 2 atom stereocenters. The summed E-state index contributed by atoms with van der Waals surface area (Å²) >= 11 is 0. The summed E-state index contributed by atoms with van der Waals surface area (Å²) in [5.41, 5.74) is 1.22. The number of hydrogen-bond acceptors (Lipinski definition) is 3. The van der Waals surface area contributed by atoms with Gasteiger partial charge in [0.2, 0.25) is 0 Å². The third kappa shape index (κ3) is 2.00. The second-order valence-electron chi connectivity index (χ2n) is 4.31. The van der Waals surface area contributed by atoms with Crippen LogP contribution in [0.15, 0.2) is 6.20 Å². The van der Waals surface area contributed by atoms with Crippen molar-refractivity contribution in [2.45, 2.75) is 31.7 Å². The predicted molar refractivity (Wildman–Crippen MR) is 59.2 cm³/mol. The summed E-state index contributed by atoms with van der Waals surface area (Å²) in [6.45, 7) is 3.26. The Morgan fingerprint density at radius 1 is 1.53 bits per heavy atom. The zero-order valence-electron chi connectivity index (χ0n) is 9.66. The van der Waals surface area contributed by atoms with Crippen LogP contribution >= 0.6 is 0 Å². The molecular formula is C11H19N3O. The van der Waals surface area contributed by atoms with E-state index in [1.807, 2.05) is 11.7 Å². The van der Waals surface area contributed by atoms with Crippen LogP contribution in [0, 0.1) is 0 Å². The molecular weight excluding hydrogens is 190 g/mol. The van der Waals surface area contributed by atoms with E-state index in [2.05, 4.69) is 17.3 Å². The van der Waals surface area contributed by atoms with E-state index in [-0.39, 0.29) is 0 Å². The first kappa shape index (κ1) is 10.5. The van der Waals surface area contributed by atoms with Crippen molar-refractivity contribution in [3.63, 3.8) is 0 Å². The van der Waals surface area contributed by atoms with Crippen molar-refractivity contribution in [3.8, 4) is 5.75 Å². The van der Waals surface area contributed by atoms with E-state index >= 15 is 0 Å². The number of aromatic nitrogens is 2. The fourth-order valence-corrected chi connectivity index (χ4v) is 2.28. The first-order valence-corrected chi connectivity index (χ1v) is 5.51. The number of hydrogen-bond donors (Lipinski definition) is 1. The minimum Gasteiger partial charge on any atom is -0.493 e. The number of ether oxygens (including phenoxy) is 1. The molecule has 1 aliphatic rings. The summed E-state index contributed by atoms with van der Waals surface area (Å²) < 4.78 is 7.27. The smallest absolute Gasteiger partial charge is 0.160 e. The molecule has 1 fully saturated rings. The van der Waals surface area contributed by atoms with E-state index in [0.717, 1.165) is 12.3 Å². The van der Waals surface area contributed by atoms with Gasteiger partial charge in [0.1, 0.15) is 0 Å². The summed E-state index contributed by atoms with van der Waals surface area (Å²) in [4.78, 5) is 0. The van der Waals surface area contributed by atoms with Crippen LogP contribution in [0.5, 0.6) is 5.75 Å². The highest BCUT2D eigenvalue weighted by Crippen LogP contribution is 2.31. The summed E-state index contributed by atoms with van der Waals surface area (Å²) in [5, 5.41) is 7.75. The molecule has 1 saturated heterocycles. The molecule has 0 aromatic carbocycles. The van der Waals surface area contributed by atoms with Gasteiger partial charge in [-0.05, 0) is 19.8 Å². The number of rotatable bonds is 2. The van der Waals surface area contributed by atoms with E-state index in [1.165, 1.54) is 18.5 Å². The van der Waals surface area contributed by atoms with Crippen molar-refractivity contribution in [3.05, 3.63) is 11.9 Å². The molecule has 0 spiro atoms. The molecule has 0 bridgehead atoms. The Morgan fingerprint density at radius 2 is 2.33 bits per heavy atom. The van der Waals surface area contributed by atoms with Crippen LogP contribution in [0.1, 0.15) is 31.4 Å². The molecule has 2 heterocycles. The topological polar surface area (TPSA) is 39.1 Å². The van der Waals surface area contributed by atoms with Gasteiger partial charge in [-0.3, -0.25) is 4.68 Å². The zero-order chi connectivity index (χ0) is 10.8. The van der Waals surface area contributed by atoms with E-state index in [4.69, 9.17) is 4.74 Å². The lowest BCUT2D eigenvalue weighted by molar-refractivity contribution is 0.354. The molecule has 0 amide bonds. The molecule has 1 aliphatic heterocycles. The molecule has 0 radical (unpaired) electrons. The largest absolute Gasteiger partial charge is 0.493 e. The first-order chi connectivity index (χ1) is 7.22. The van der Waals surface area contributed by atoms with Gasteiger partial charge in [0, 0.05) is 25.6 Å². The highest BCUT2D eigenvalue weighted by molar-refractivity contribution is 5.29. The SMILES string of the molecule is COc1cnn(C)c1C1CCC(C)NC1. The fourth-order valence-electron chi connectivity index (χ4n) is 2.28. The van der Waals surface area contributed by atoms with E-state index in [9.17, 15) is 0 Å². The van der Waals surface area contributed by atoms with Gasteiger partial charge < -0.3 is 10.1 Å². The van der Waals surface area contributed by atoms with Crippen molar-refractivity contribution in [1.29, 1.82) is 0 Å². The summed E-state index contributed by atoms with van der Waals surface area (Å²) in [7, 11) is 3.69. The highest BCUT2D eigenvalue weighted by Gasteiger charge is 2.24. The second-order valence-corrected chi connectivity index (χ2v) is 4.31. The molecule has 15 heavy (non-hydrogen) atoms. The molecule has 1 N–H and O–H groups in total. The maximum absolute atomic E-state index is 5.34. The molecule has 0 aliphatic carbocycles. The fraction of sp³-hybridized carbons (Fsp3) is 0.727. The monoisotopic (exact) mass is 209 g/mol. The molecule has 1 aromatic rings. The van der Waals surface area contributed by atoms with Crippen LogP contribution in [0.25, 0.3) is 0 Å². The van der Waals surface area contributed by atoms with E-state index < -0.39 is 0 Å². The van der Waals surface area contributed by atoms with Gasteiger partial charge in [0.05, 0.1) is 19.0 Å². The van der Waals surface area contributed by atoms with Crippen LogP contribution < -0.4 is 10.1 Å². The minimum atomic E-state index is 0.531. The van der Waals surface area contributed by atoms with Crippen molar-refractivity contribution in [2.24, 2.45) is 7.05 Å². The quantitative estimate of drug-likeness (QED) is 0.797. The Kier molecular flexibility index (Phi) is 2.95. The van der Waals surface area contributed by atoms with Gasteiger partial charge in [-0.25, -0.2) is 0 Å². The Hall–Kier alpha value is -1.03. The molecule has 1 aromatic heterocycles. The third-order valence-electron chi connectivity index (χ3n) is 3.22. The van der Waals surface area contributed by atoms with Gasteiger partial charge in [-0.1, -0.05) is 0 Å². The van der Waals surface area contributed by atoms with Crippen LogP contribution in [0.3, 0.4) is 0 Å². The average molecular weight is 209 g/mol. The molecule has 2 rings (SSSR count). The normalized spacial score (nSPS) is 26.6. The molecule has 0 saturated carbocycles. The molecule has 84 valence electrons. The van der Waals surface area contributed by atoms with E-state index in [1.54, 1.807) is 13.3 Å². The molecule has 4 heteroatoms. The maximum Gasteiger partial charge on any atom is 0.160 e. The zero-order valence-corrected chi connectivity index (χ0v) is 9.66. The lowest BCUT2D eigenvalue weighted by atomic mass is 9.92. The number of nitrogens with zero attached hydrogens (tertiary/aromatic N) is 2. The Labute approximate surface area is 90.6 Å². The number of nitrogens with one attached hydrogen (secondary N) is 1. The van der Waals surface area contributed by atoms with E-state index in [0.29, 0.717) is 12.0 Å². The van der Waals surface area contributed by atoms with Crippen LogP contribution in [-0.2, 0) is 7.05 Å². The van der Waals surface area contributed by atoms with Crippen molar-refractivity contribution < 1.29 is 4.74 Å². The van der Waals surface area contributed by atoms with Crippen LogP contribution in [0.4, 0.5) is 0 Å². The van der Waals surface area contributed by atoms with Gasteiger partial charge in [0.15, 0.2) is 5.75 Å². The first-order valence-electron chi connectivity index (χ1n) is 5.51. The van der Waals surface area contributed by atoms with Gasteiger partial charge >= 0.3 is 0 Å². The van der Waals surface area contributed by atoms with Crippen LogP contribution in [0.2, 0.25) is 0 Å². The standard InChI is InChI=1S/C11H19N3O/c1-8-4-5-9(6-12-8)11-10(15-3)7-13-14(11)2/h7-9,12H,4-6H2,1-3H3. The van der Waals surface area contributed by atoms with Crippen molar-refractivity contribution in [2.75, 3.05) is 13.7 Å². The Morgan fingerprint density at radius 3 is 2.93 bits per heavy atom.